The Balaban J connectivity index is 1.30. The van der Waals surface area contributed by atoms with Crippen LogP contribution in [0, 0.1) is 6.92 Å². The van der Waals surface area contributed by atoms with E-state index in [0.717, 1.165) is 27.5 Å². The van der Waals surface area contributed by atoms with Crippen LogP contribution in [0.15, 0.2) is 69.5 Å². The Morgan fingerprint density at radius 2 is 1.97 bits per heavy atom. The van der Waals surface area contributed by atoms with Crippen LogP contribution >= 0.6 is 34.4 Å². The van der Waals surface area contributed by atoms with E-state index in [4.69, 9.17) is 5.10 Å². The van der Waals surface area contributed by atoms with Crippen molar-refractivity contribution in [2.45, 2.75) is 24.5 Å². The molecular formula is C22H19N5OS3. The van der Waals surface area contributed by atoms with Crippen molar-refractivity contribution in [1.82, 2.24) is 20.2 Å². The number of thioether (sulfide) groups is 1. The second-order valence-corrected chi connectivity index (χ2v) is 9.99. The first-order chi connectivity index (χ1) is 15.2. The summed E-state index contributed by atoms with van der Waals surface area (Å²) in [6.07, 6.45) is 0.732. The van der Waals surface area contributed by atoms with Gasteiger partial charge in [-0.05, 0) is 29.8 Å². The highest BCUT2D eigenvalue weighted by atomic mass is 32.2. The van der Waals surface area contributed by atoms with E-state index in [1.165, 1.54) is 17.3 Å². The van der Waals surface area contributed by atoms with Crippen LogP contribution in [0.5, 0.6) is 0 Å². The maximum Gasteiger partial charge on any atom is 0.253 e. The summed E-state index contributed by atoms with van der Waals surface area (Å²) in [5.74, 6) is 0.885. The van der Waals surface area contributed by atoms with Gasteiger partial charge in [-0.15, -0.1) is 27.8 Å². The molecule has 0 fully saturated rings. The van der Waals surface area contributed by atoms with Gasteiger partial charge < -0.3 is 0 Å². The molecule has 0 aliphatic carbocycles. The number of carbonyl (C=O) groups excluding carboxylic acids is 1. The van der Waals surface area contributed by atoms with E-state index in [1.54, 1.807) is 27.7 Å². The number of benzene rings is 1. The van der Waals surface area contributed by atoms with Crippen molar-refractivity contribution in [1.29, 1.82) is 0 Å². The molecule has 0 unspecified atom stereocenters. The molecule has 9 heteroatoms. The van der Waals surface area contributed by atoms with Gasteiger partial charge in [-0.25, -0.2) is 9.99 Å². The minimum absolute atomic E-state index is 0.0448. The van der Waals surface area contributed by atoms with E-state index in [0.29, 0.717) is 11.0 Å². The summed E-state index contributed by atoms with van der Waals surface area (Å²) in [7, 11) is 0. The lowest BCUT2D eigenvalue weighted by Crippen LogP contribution is -2.28. The van der Waals surface area contributed by atoms with Gasteiger partial charge in [-0.3, -0.25) is 9.89 Å². The number of hydrogen-bond donors (Lipinski definition) is 1. The van der Waals surface area contributed by atoms with Gasteiger partial charge in [-0.1, -0.05) is 53.7 Å². The molecule has 6 nitrogen and oxygen atoms in total. The number of nitrogens with zero attached hydrogens (tertiary/aromatic N) is 4. The normalized spacial score (nSPS) is 16.0. The van der Waals surface area contributed by atoms with Gasteiger partial charge in [0.25, 0.3) is 5.91 Å². The fourth-order valence-corrected chi connectivity index (χ4v) is 5.56. The number of H-pyrrole nitrogens is 1. The predicted octanol–water partition coefficient (Wildman–Crippen LogP) is 5.37. The van der Waals surface area contributed by atoms with Crippen molar-refractivity contribution in [2.24, 2.45) is 5.10 Å². The van der Waals surface area contributed by atoms with Crippen LogP contribution in [0.1, 0.15) is 27.8 Å². The number of nitrogens with one attached hydrogen (secondary N) is 1. The van der Waals surface area contributed by atoms with Crippen molar-refractivity contribution >= 4 is 46.1 Å². The quantitative estimate of drug-likeness (QED) is 0.388. The minimum Gasteiger partial charge on any atom is -0.272 e. The first kappa shape index (κ1) is 20.2. The predicted molar refractivity (Wildman–Crippen MR) is 127 cm³/mol. The topological polar surface area (TPSA) is 74.2 Å². The third-order valence-electron chi connectivity index (χ3n) is 4.96. The number of hydrazone groups is 1. The van der Waals surface area contributed by atoms with Crippen molar-refractivity contribution in [3.05, 3.63) is 74.6 Å². The van der Waals surface area contributed by atoms with Crippen LogP contribution in [-0.4, -0.2) is 37.6 Å². The molecule has 0 saturated heterocycles. The molecule has 31 heavy (non-hydrogen) atoms. The minimum atomic E-state index is -0.0551. The standard InChI is InChI=1S/C22H19N5OS3/c1-14-6-8-15(9-7-14)21-23-22(25-24-21)31-13-20(28)27-17(19-5-3-11-30-19)12-16(26-27)18-4-2-10-29-18/h2-11,17H,12-13H2,1H3,(H,23,24,25)/t17-/m1/s1. The molecule has 0 saturated carbocycles. The number of aryl methyl sites for hydroxylation is 1. The third kappa shape index (κ3) is 4.34. The van der Waals surface area contributed by atoms with Gasteiger partial charge in [-0.2, -0.15) is 5.10 Å². The molecule has 1 N–H and O–H groups in total. The van der Waals surface area contributed by atoms with Gasteiger partial charge in [0, 0.05) is 16.9 Å². The largest absolute Gasteiger partial charge is 0.272 e. The number of carbonyl (C=O) groups is 1. The second kappa shape index (κ2) is 8.78. The molecule has 0 spiro atoms. The number of thiophene rings is 2. The average molecular weight is 466 g/mol. The molecule has 1 aliphatic heterocycles. The van der Waals surface area contributed by atoms with Gasteiger partial charge in [0.15, 0.2) is 5.82 Å². The smallest absolute Gasteiger partial charge is 0.253 e. The van der Waals surface area contributed by atoms with E-state index in [-0.39, 0.29) is 17.7 Å². The molecular weight excluding hydrogens is 446 g/mol. The Bertz CT molecular complexity index is 1200. The summed E-state index contributed by atoms with van der Waals surface area (Å²) in [6, 6.07) is 16.2. The summed E-state index contributed by atoms with van der Waals surface area (Å²) < 4.78 is 0. The monoisotopic (exact) mass is 465 g/mol. The summed E-state index contributed by atoms with van der Waals surface area (Å²) in [4.78, 5) is 19.9. The van der Waals surface area contributed by atoms with E-state index in [9.17, 15) is 4.79 Å². The highest BCUT2D eigenvalue weighted by Gasteiger charge is 2.34. The van der Waals surface area contributed by atoms with Crippen molar-refractivity contribution in [3.8, 4) is 11.4 Å². The molecule has 5 rings (SSSR count). The Morgan fingerprint density at radius 1 is 1.16 bits per heavy atom. The highest BCUT2D eigenvalue weighted by Crippen LogP contribution is 2.36. The number of amides is 1. The number of aromatic nitrogens is 3. The molecule has 4 heterocycles. The molecule has 0 bridgehead atoms. The van der Waals surface area contributed by atoms with Crippen LogP contribution in [0.3, 0.4) is 0 Å². The van der Waals surface area contributed by atoms with E-state index in [1.807, 2.05) is 54.1 Å². The number of rotatable bonds is 6. The lowest BCUT2D eigenvalue weighted by atomic mass is 10.1. The fourth-order valence-electron chi connectivity index (χ4n) is 3.38. The molecule has 1 atom stereocenters. The Kier molecular flexibility index (Phi) is 5.71. The molecule has 1 aromatic carbocycles. The SMILES string of the molecule is Cc1ccc(-c2nc(SCC(=O)N3N=C(c4cccs4)C[C@@H]3c3cccs3)n[nH]2)cc1. The van der Waals surface area contributed by atoms with E-state index < -0.39 is 0 Å². The molecule has 3 aromatic heterocycles. The third-order valence-corrected chi connectivity index (χ3v) is 7.68. The van der Waals surface area contributed by atoms with Gasteiger partial charge >= 0.3 is 0 Å². The Labute approximate surface area is 192 Å². The fraction of sp³-hybridized carbons (Fsp3) is 0.182. The van der Waals surface area contributed by atoms with Crippen LogP contribution in [0.4, 0.5) is 0 Å². The molecule has 1 amide bonds. The highest BCUT2D eigenvalue weighted by molar-refractivity contribution is 7.99. The van der Waals surface area contributed by atoms with Crippen molar-refractivity contribution in [2.75, 3.05) is 5.75 Å². The van der Waals surface area contributed by atoms with Gasteiger partial charge in [0.2, 0.25) is 5.16 Å². The van der Waals surface area contributed by atoms with E-state index >= 15 is 0 Å². The lowest BCUT2D eigenvalue weighted by Gasteiger charge is -2.20. The van der Waals surface area contributed by atoms with Crippen LogP contribution in [0.25, 0.3) is 11.4 Å². The maximum absolute atomic E-state index is 13.1. The first-order valence-electron chi connectivity index (χ1n) is 9.76. The molecule has 156 valence electrons. The zero-order chi connectivity index (χ0) is 21.2. The average Bonchev–Trinajstić information content (AvgIpc) is 3.58. The summed E-state index contributed by atoms with van der Waals surface area (Å²) >= 11 is 4.63. The first-order valence-corrected chi connectivity index (χ1v) is 12.5. The summed E-state index contributed by atoms with van der Waals surface area (Å²) in [5, 5.41) is 18.2. The zero-order valence-corrected chi connectivity index (χ0v) is 19.1. The molecule has 1 aliphatic rings. The van der Waals surface area contributed by atoms with E-state index in [2.05, 4.69) is 27.3 Å². The zero-order valence-electron chi connectivity index (χ0n) is 16.7. The number of aromatic amines is 1. The summed E-state index contributed by atoms with van der Waals surface area (Å²) in [6.45, 7) is 2.05. The van der Waals surface area contributed by atoms with Crippen molar-refractivity contribution in [3.63, 3.8) is 0 Å². The Hall–Kier alpha value is -2.75. The van der Waals surface area contributed by atoms with Crippen LogP contribution < -0.4 is 0 Å². The molecule has 0 radical (unpaired) electrons. The van der Waals surface area contributed by atoms with Gasteiger partial charge in [0.1, 0.15) is 0 Å². The maximum atomic E-state index is 13.1. The van der Waals surface area contributed by atoms with Crippen LogP contribution in [0.2, 0.25) is 0 Å². The van der Waals surface area contributed by atoms with Crippen molar-refractivity contribution < 1.29 is 4.79 Å². The van der Waals surface area contributed by atoms with Crippen LogP contribution in [-0.2, 0) is 4.79 Å². The Morgan fingerprint density at radius 3 is 2.71 bits per heavy atom. The second-order valence-electron chi connectivity index (χ2n) is 7.12. The lowest BCUT2D eigenvalue weighted by molar-refractivity contribution is -0.130. The number of hydrogen-bond acceptors (Lipinski definition) is 7. The van der Waals surface area contributed by atoms with Gasteiger partial charge in [0.05, 0.1) is 22.4 Å². The molecule has 4 aromatic rings. The summed E-state index contributed by atoms with van der Waals surface area (Å²) in [5.41, 5.74) is 3.13.